The van der Waals surface area contributed by atoms with Crippen molar-refractivity contribution in [1.29, 1.82) is 0 Å². The van der Waals surface area contributed by atoms with E-state index in [0.717, 1.165) is 11.7 Å². The monoisotopic (exact) mass is 195 g/mol. The summed E-state index contributed by atoms with van der Waals surface area (Å²) in [4.78, 5) is 0. The third-order valence-electron chi connectivity index (χ3n) is 2.92. The molecule has 0 saturated heterocycles. The molecule has 1 aliphatic rings. The Kier molecular flexibility index (Phi) is 2.72. The van der Waals surface area contributed by atoms with Crippen molar-refractivity contribution in [3.05, 3.63) is 12.3 Å². The van der Waals surface area contributed by atoms with Gasteiger partial charge in [0, 0.05) is 18.3 Å². The minimum Gasteiger partial charge on any atom is -0.394 e. The van der Waals surface area contributed by atoms with Crippen LogP contribution in [0.15, 0.2) is 12.3 Å². The SMILES string of the molecule is CC1CCC1Nc1ccn(CCO)n1. The van der Waals surface area contributed by atoms with Gasteiger partial charge < -0.3 is 10.4 Å². The van der Waals surface area contributed by atoms with E-state index in [1.165, 1.54) is 12.8 Å². The standard InChI is InChI=1S/C10H17N3O/c1-8-2-3-9(8)11-10-4-5-13(12-10)6-7-14/h4-5,8-9,14H,2-3,6-7H2,1H3,(H,11,12). The molecule has 14 heavy (non-hydrogen) atoms. The van der Waals surface area contributed by atoms with Crippen LogP contribution >= 0.6 is 0 Å². The number of nitrogens with one attached hydrogen (secondary N) is 1. The smallest absolute Gasteiger partial charge is 0.148 e. The molecule has 2 N–H and O–H groups in total. The van der Waals surface area contributed by atoms with E-state index < -0.39 is 0 Å². The molecule has 1 aromatic rings. The lowest BCUT2D eigenvalue weighted by Crippen LogP contribution is -2.36. The average Bonchev–Trinajstić information content (AvgIpc) is 2.61. The summed E-state index contributed by atoms with van der Waals surface area (Å²) in [5.74, 6) is 1.69. The predicted molar refractivity (Wildman–Crippen MR) is 55.1 cm³/mol. The maximum atomic E-state index is 8.73. The van der Waals surface area contributed by atoms with Crippen molar-refractivity contribution in [2.45, 2.75) is 32.4 Å². The molecule has 2 rings (SSSR count). The molecular formula is C10H17N3O. The second kappa shape index (κ2) is 4.00. The molecule has 0 amide bonds. The summed E-state index contributed by atoms with van der Waals surface area (Å²) in [6.45, 7) is 2.97. The van der Waals surface area contributed by atoms with E-state index in [9.17, 15) is 0 Å². The summed E-state index contributed by atoms with van der Waals surface area (Å²) < 4.78 is 1.76. The van der Waals surface area contributed by atoms with Crippen LogP contribution in [0.1, 0.15) is 19.8 Å². The van der Waals surface area contributed by atoms with Gasteiger partial charge in [-0.15, -0.1) is 0 Å². The number of aliphatic hydroxyl groups excluding tert-OH is 1. The number of aromatic nitrogens is 2. The van der Waals surface area contributed by atoms with E-state index in [4.69, 9.17) is 5.11 Å². The Hall–Kier alpha value is -1.03. The third-order valence-corrected chi connectivity index (χ3v) is 2.92. The van der Waals surface area contributed by atoms with Gasteiger partial charge in [-0.25, -0.2) is 0 Å². The van der Waals surface area contributed by atoms with Gasteiger partial charge in [0.05, 0.1) is 13.2 Å². The zero-order valence-corrected chi connectivity index (χ0v) is 8.48. The molecule has 1 fully saturated rings. The fourth-order valence-electron chi connectivity index (χ4n) is 1.74. The molecule has 0 radical (unpaired) electrons. The molecular weight excluding hydrogens is 178 g/mol. The minimum atomic E-state index is 0.140. The first kappa shape index (κ1) is 9.52. The summed E-state index contributed by atoms with van der Waals surface area (Å²) in [5, 5.41) is 16.4. The van der Waals surface area contributed by atoms with E-state index in [1.807, 2.05) is 12.3 Å². The van der Waals surface area contributed by atoms with Crippen molar-refractivity contribution < 1.29 is 5.11 Å². The highest BCUT2D eigenvalue weighted by Crippen LogP contribution is 2.29. The van der Waals surface area contributed by atoms with E-state index in [0.29, 0.717) is 12.6 Å². The van der Waals surface area contributed by atoms with Crippen molar-refractivity contribution in [2.24, 2.45) is 5.92 Å². The molecule has 1 aliphatic carbocycles. The molecule has 78 valence electrons. The highest BCUT2D eigenvalue weighted by Gasteiger charge is 2.26. The van der Waals surface area contributed by atoms with Gasteiger partial charge in [0.2, 0.25) is 0 Å². The van der Waals surface area contributed by atoms with Crippen LogP contribution in [0.4, 0.5) is 5.82 Å². The first-order valence-corrected chi connectivity index (χ1v) is 5.20. The summed E-state index contributed by atoms with van der Waals surface area (Å²) in [6.07, 6.45) is 4.45. The second-order valence-electron chi connectivity index (χ2n) is 3.99. The lowest BCUT2D eigenvalue weighted by Gasteiger charge is -2.34. The van der Waals surface area contributed by atoms with Gasteiger partial charge in [0.25, 0.3) is 0 Å². The highest BCUT2D eigenvalue weighted by molar-refractivity contribution is 5.34. The van der Waals surface area contributed by atoms with Gasteiger partial charge in [-0.2, -0.15) is 5.10 Å². The van der Waals surface area contributed by atoms with Gasteiger partial charge in [-0.1, -0.05) is 6.92 Å². The summed E-state index contributed by atoms with van der Waals surface area (Å²) in [7, 11) is 0. The number of hydrogen-bond donors (Lipinski definition) is 2. The molecule has 0 spiro atoms. The van der Waals surface area contributed by atoms with E-state index in [-0.39, 0.29) is 6.61 Å². The number of hydrogen-bond acceptors (Lipinski definition) is 3. The molecule has 4 heteroatoms. The van der Waals surface area contributed by atoms with E-state index in [2.05, 4.69) is 17.3 Å². The lowest BCUT2D eigenvalue weighted by molar-refractivity contribution is 0.269. The molecule has 0 aromatic carbocycles. The zero-order valence-electron chi connectivity index (χ0n) is 8.48. The molecule has 4 nitrogen and oxygen atoms in total. The second-order valence-corrected chi connectivity index (χ2v) is 3.99. The number of rotatable bonds is 4. The van der Waals surface area contributed by atoms with Crippen molar-refractivity contribution in [3.63, 3.8) is 0 Å². The van der Waals surface area contributed by atoms with E-state index in [1.54, 1.807) is 4.68 Å². The van der Waals surface area contributed by atoms with E-state index >= 15 is 0 Å². The van der Waals surface area contributed by atoms with Gasteiger partial charge in [0.1, 0.15) is 5.82 Å². The maximum absolute atomic E-state index is 8.73. The van der Waals surface area contributed by atoms with Crippen molar-refractivity contribution >= 4 is 5.82 Å². The Morgan fingerprint density at radius 1 is 1.64 bits per heavy atom. The number of nitrogens with zero attached hydrogens (tertiary/aromatic N) is 2. The highest BCUT2D eigenvalue weighted by atomic mass is 16.3. The van der Waals surface area contributed by atoms with Gasteiger partial charge >= 0.3 is 0 Å². The Bertz CT molecular complexity index is 297. The molecule has 1 saturated carbocycles. The Morgan fingerprint density at radius 3 is 3.07 bits per heavy atom. The quantitative estimate of drug-likeness (QED) is 0.756. The molecule has 2 unspecified atom stereocenters. The van der Waals surface area contributed by atoms with Crippen LogP contribution in [0.25, 0.3) is 0 Å². The van der Waals surface area contributed by atoms with Crippen LogP contribution in [0, 0.1) is 5.92 Å². The first-order chi connectivity index (χ1) is 6.79. The fourth-order valence-corrected chi connectivity index (χ4v) is 1.74. The van der Waals surface area contributed by atoms with Crippen LogP contribution < -0.4 is 5.32 Å². The third kappa shape index (κ3) is 1.90. The van der Waals surface area contributed by atoms with Crippen molar-refractivity contribution in [1.82, 2.24) is 9.78 Å². The predicted octanol–water partition coefficient (Wildman–Crippen LogP) is 1.09. The van der Waals surface area contributed by atoms with Gasteiger partial charge in [0.15, 0.2) is 0 Å². The van der Waals surface area contributed by atoms with Crippen LogP contribution in [0.2, 0.25) is 0 Å². The normalized spacial score (nSPS) is 25.9. The maximum Gasteiger partial charge on any atom is 0.148 e. The Labute approximate surface area is 83.9 Å². The zero-order chi connectivity index (χ0) is 9.97. The minimum absolute atomic E-state index is 0.140. The summed E-state index contributed by atoms with van der Waals surface area (Å²) >= 11 is 0. The molecule has 0 aliphatic heterocycles. The number of anilines is 1. The molecule has 2 atom stereocenters. The molecule has 0 bridgehead atoms. The molecule has 1 aromatic heterocycles. The largest absolute Gasteiger partial charge is 0.394 e. The molecule has 1 heterocycles. The average molecular weight is 195 g/mol. The summed E-state index contributed by atoms with van der Waals surface area (Å²) in [5.41, 5.74) is 0. The van der Waals surface area contributed by atoms with Crippen LogP contribution in [0.5, 0.6) is 0 Å². The Morgan fingerprint density at radius 2 is 2.50 bits per heavy atom. The van der Waals surface area contributed by atoms with Crippen molar-refractivity contribution in [3.8, 4) is 0 Å². The number of aliphatic hydroxyl groups is 1. The van der Waals surface area contributed by atoms with Crippen molar-refractivity contribution in [2.75, 3.05) is 11.9 Å². The van der Waals surface area contributed by atoms with Crippen LogP contribution in [-0.4, -0.2) is 27.5 Å². The van der Waals surface area contributed by atoms with Crippen LogP contribution in [0.3, 0.4) is 0 Å². The topological polar surface area (TPSA) is 50.1 Å². The van der Waals surface area contributed by atoms with Crippen LogP contribution in [-0.2, 0) is 6.54 Å². The van der Waals surface area contributed by atoms with Gasteiger partial charge in [-0.3, -0.25) is 4.68 Å². The first-order valence-electron chi connectivity index (χ1n) is 5.20. The fraction of sp³-hybridized carbons (Fsp3) is 0.700. The summed E-state index contributed by atoms with van der Waals surface area (Å²) in [6, 6.07) is 2.55. The van der Waals surface area contributed by atoms with Gasteiger partial charge in [-0.05, 0) is 18.8 Å². The Balaban J connectivity index is 1.89. The lowest BCUT2D eigenvalue weighted by atomic mass is 9.81.